The first-order chi connectivity index (χ1) is 10.1. The third kappa shape index (κ3) is 2.56. The van der Waals surface area contributed by atoms with Crippen LogP contribution in [-0.4, -0.2) is 42.6 Å². The average Bonchev–Trinajstić information content (AvgIpc) is 2.60. The number of nitrogens with zero attached hydrogens (tertiary/aromatic N) is 3. The van der Waals surface area contributed by atoms with Crippen molar-refractivity contribution in [3.63, 3.8) is 0 Å². The quantitative estimate of drug-likeness (QED) is 0.210. The minimum Gasteiger partial charge on any atom is -0.623 e. The lowest BCUT2D eigenvalue weighted by Gasteiger charge is -2.37. The zero-order valence-electron chi connectivity index (χ0n) is 12.8. The standard InChI is InChI=1S/C14H17N3O3S2/c1-13(2)14(3,22-12(21)15(13)4)16(18)9-10-5-7-11(8-6-10)17(19)20/h5-9H,1-4H3/b16-9-/t14-/m0/s1. The zero-order valence-corrected chi connectivity index (χ0v) is 14.4. The highest BCUT2D eigenvalue weighted by Gasteiger charge is 2.59. The van der Waals surface area contributed by atoms with E-state index in [4.69, 9.17) is 12.2 Å². The van der Waals surface area contributed by atoms with Crippen LogP contribution in [0.2, 0.25) is 0 Å². The normalized spacial score (nSPS) is 24.6. The number of nitro benzene ring substituents is 1. The number of hydroxylamine groups is 1. The SMILES string of the molecule is CN1C(=S)S[C@](C)(/[N+]([O-])=C/c2ccc([N+](=O)[O-])cc2)C1(C)C. The first-order valence-corrected chi connectivity index (χ1v) is 7.84. The lowest BCUT2D eigenvalue weighted by Crippen LogP contribution is -2.55. The zero-order chi connectivity index (χ0) is 16.7. The lowest BCUT2D eigenvalue weighted by atomic mass is 9.94. The van der Waals surface area contributed by atoms with Gasteiger partial charge in [0.05, 0.1) is 4.92 Å². The molecule has 1 aliphatic rings. The fraction of sp³-hybridized carbons (Fsp3) is 0.429. The van der Waals surface area contributed by atoms with Crippen molar-refractivity contribution in [3.05, 3.63) is 45.2 Å². The summed E-state index contributed by atoms with van der Waals surface area (Å²) in [5.41, 5.74) is 0.157. The highest BCUT2D eigenvalue weighted by Crippen LogP contribution is 2.48. The Kier molecular flexibility index (Phi) is 4.18. The monoisotopic (exact) mass is 339 g/mol. The van der Waals surface area contributed by atoms with Gasteiger partial charge in [-0.3, -0.25) is 10.1 Å². The molecule has 8 heteroatoms. The molecule has 118 valence electrons. The summed E-state index contributed by atoms with van der Waals surface area (Å²) in [5, 5.41) is 23.3. The van der Waals surface area contributed by atoms with Crippen molar-refractivity contribution in [1.82, 2.24) is 4.90 Å². The maximum Gasteiger partial charge on any atom is 0.269 e. The highest BCUT2D eigenvalue weighted by molar-refractivity contribution is 8.24. The van der Waals surface area contributed by atoms with Gasteiger partial charge in [-0.15, -0.1) is 0 Å². The molecule has 1 atom stereocenters. The van der Waals surface area contributed by atoms with Crippen LogP contribution < -0.4 is 0 Å². The van der Waals surface area contributed by atoms with Crippen LogP contribution in [0.4, 0.5) is 5.69 Å². The number of rotatable bonds is 3. The maximum absolute atomic E-state index is 12.7. The Morgan fingerprint density at radius 3 is 2.18 bits per heavy atom. The second-order valence-corrected chi connectivity index (χ2v) is 7.80. The minimum atomic E-state index is -0.777. The summed E-state index contributed by atoms with van der Waals surface area (Å²) in [7, 11) is 1.88. The molecule has 6 nitrogen and oxygen atoms in total. The number of hydrogen-bond donors (Lipinski definition) is 0. The van der Waals surface area contributed by atoms with Crippen molar-refractivity contribution in [2.45, 2.75) is 31.2 Å². The highest BCUT2D eigenvalue weighted by atomic mass is 32.2. The molecule has 0 radical (unpaired) electrons. The number of benzene rings is 1. The van der Waals surface area contributed by atoms with Crippen molar-refractivity contribution in [3.8, 4) is 0 Å². The van der Waals surface area contributed by atoms with Crippen molar-refractivity contribution in [2.75, 3.05) is 7.05 Å². The second-order valence-electron chi connectivity index (χ2n) is 5.77. The number of nitro groups is 1. The predicted octanol–water partition coefficient (Wildman–Crippen LogP) is 2.98. The summed E-state index contributed by atoms with van der Waals surface area (Å²) in [5.74, 6) is 0. The summed E-state index contributed by atoms with van der Waals surface area (Å²) in [6, 6.07) is 5.87. The van der Waals surface area contributed by atoms with Crippen LogP contribution in [-0.2, 0) is 0 Å². The maximum atomic E-state index is 12.7. The Hall–Kier alpha value is -1.67. The Morgan fingerprint density at radius 1 is 1.23 bits per heavy atom. The van der Waals surface area contributed by atoms with Gasteiger partial charge < -0.3 is 10.1 Å². The van der Waals surface area contributed by atoms with Crippen LogP contribution in [0.25, 0.3) is 0 Å². The molecule has 0 unspecified atom stereocenters. The molecule has 2 rings (SSSR count). The van der Waals surface area contributed by atoms with Gasteiger partial charge in [-0.1, -0.05) is 12.2 Å². The summed E-state index contributed by atoms with van der Waals surface area (Å²) in [6.45, 7) is 5.78. The van der Waals surface area contributed by atoms with Crippen LogP contribution in [0, 0.1) is 15.3 Å². The topological polar surface area (TPSA) is 72.5 Å². The molecular formula is C14H17N3O3S2. The molecule has 1 fully saturated rings. The van der Waals surface area contributed by atoms with E-state index in [2.05, 4.69) is 0 Å². The molecule has 0 N–H and O–H groups in total. The lowest BCUT2D eigenvalue weighted by molar-refractivity contribution is -0.522. The first kappa shape index (κ1) is 16.7. The van der Waals surface area contributed by atoms with Crippen molar-refractivity contribution >= 4 is 40.2 Å². The van der Waals surface area contributed by atoms with Crippen LogP contribution in [0.5, 0.6) is 0 Å². The van der Waals surface area contributed by atoms with E-state index in [-0.39, 0.29) is 5.69 Å². The van der Waals surface area contributed by atoms with Gasteiger partial charge in [-0.2, -0.15) is 4.74 Å². The van der Waals surface area contributed by atoms with Crippen molar-refractivity contribution in [2.24, 2.45) is 0 Å². The number of likely N-dealkylation sites (N-methyl/N-ethyl adjacent to an activating group) is 1. The smallest absolute Gasteiger partial charge is 0.269 e. The van der Waals surface area contributed by atoms with E-state index >= 15 is 0 Å². The predicted molar refractivity (Wildman–Crippen MR) is 92.3 cm³/mol. The van der Waals surface area contributed by atoms with Crippen LogP contribution in [0.1, 0.15) is 26.3 Å². The van der Waals surface area contributed by atoms with Gasteiger partial charge in [-0.05, 0) is 37.7 Å². The molecule has 0 aromatic heterocycles. The van der Waals surface area contributed by atoms with Crippen LogP contribution in [0.3, 0.4) is 0 Å². The van der Waals surface area contributed by atoms with Gasteiger partial charge in [0.2, 0.25) is 4.87 Å². The van der Waals surface area contributed by atoms with Crippen LogP contribution in [0.15, 0.2) is 24.3 Å². The molecule has 22 heavy (non-hydrogen) atoms. The fourth-order valence-electron chi connectivity index (χ4n) is 2.16. The third-order valence-electron chi connectivity index (χ3n) is 4.32. The second kappa shape index (κ2) is 5.51. The van der Waals surface area contributed by atoms with Gasteiger partial charge in [-0.25, -0.2) is 0 Å². The van der Waals surface area contributed by atoms with E-state index < -0.39 is 15.3 Å². The summed E-state index contributed by atoms with van der Waals surface area (Å²) < 4.78 is 1.56. The number of non-ortho nitro benzene ring substituents is 1. The van der Waals surface area contributed by atoms with E-state index in [1.165, 1.54) is 30.1 Å². The Bertz CT molecular complexity index is 658. The average molecular weight is 339 g/mol. The fourth-order valence-corrected chi connectivity index (χ4v) is 4.11. The van der Waals surface area contributed by atoms with Crippen molar-refractivity contribution in [1.29, 1.82) is 0 Å². The van der Waals surface area contributed by atoms with E-state index in [0.717, 1.165) is 4.74 Å². The summed E-state index contributed by atoms with van der Waals surface area (Å²) in [4.78, 5) is 11.3. The first-order valence-electron chi connectivity index (χ1n) is 6.62. The molecule has 1 aromatic carbocycles. The minimum absolute atomic E-state index is 0.00251. The molecule has 0 bridgehead atoms. The largest absolute Gasteiger partial charge is 0.623 e. The van der Waals surface area contributed by atoms with E-state index in [0.29, 0.717) is 9.88 Å². The van der Waals surface area contributed by atoms with Gasteiger partial charge >= 0.3 is 0 Å². The van der Waals surface area contributed by atoms with Gasteiger partial charge in [0, 0.05) is 31.7 Å². The Labute approximate surface area is 138 Å². The molecule has 0 spiro atoms. The van der Waals surface area contributed by atoms with E-state index in [9.17, 15) is 15.3 Å². The van der Waals surface area contributed by atoms with E-state index in [1.807, 2.05) is 32.7 Å². The summed E-state index contributed by atoms with van der Waals surface area (Å²) in [6.07, 6.45) is 1.44. The molecule has 0 aliphatic carbocycles. The summed E-state index contributed by atoms with van der Waals surface area (Å²) >= 11 is 6.65. The van der Waals surface area contributed by atoms with Gasteiger partial charge in [0.15, 0.2) is 6.21 Å². The number of thiocarbonyl (C=S) groups is 1. The van der Waals surface area contributed by atoms with Crippen molar-refractivity contribution < 1.29 is 9.66 Å². The van der Waals surface area contributed by atoms with Gasteiger partial charge in [0.25, 0.3) is 5.69 Å². The Morgan fingerprint density at radius 2 is 1.77 bits per heavy atom. The van der Waals surface area contributed by atoms with Gasteiger partial charge in [0.1, 0.15) is 9.86 Å². The Balaban J connectivity index is 2.36. The number of thioether (sulfide) groups is 1. The molecule has 1 saturated heterocycles. The molecule has 0 amide bonds. The third-order valence-corrected chi connectivity index (χ3v) is 6.37. The van der Waals surface area contributed by atoms with E-state index in [1.54, 1.807) is 12.1 Å². The molecule has 1 aliphatic heterocycles. The van der Waals surface area contributed by atoms with Crippen LogP contribution >= 0.6 is 24.0 Å². The molecular weight excluding hydrogens is 322 g/mol. The molecule has 0 saturated carbocycles. The molecule has 1 heterocycles. The molecule has 1 aromatic rings. The number of hydrogen-bond acceptors (Lipinski definition) is 5.